The molecule has 0 spiro atoms. The number of rotatable bonds is 5. The van der Waals surface area contributed by atoms with Crippen molar-refractivity contribution in [3.05, 3.63) is 176 Å². The lowest BCUT2D eigenvalue weighted by atomic mass is 9.96. The molecule has 0 bridgehead atoms. The molecule has 3 aromatic heterocycles. The highest BCUT2D eigenvalue weighted by Crippen LogP contribution is 2.43. The van der Waals surface area contributed by atoms with E-state index in [1.165, 1.54) is 42.1 Å². The number of nitrogens with zero attached hydrogens (tertiary/aromatic N) is 3. The highest BCUT2D eigenvalue weighted by atomic mass is 32.1. The smallest absolute Gasteiger partial charge is 0.160 e. The Morgan fingerprint density at radius 2 is 1.04 bits per heavy atom. The molecule has 0 saturated heterocycles. The number of fused-ring (bicyclic) bond motifs is 6. The predicted molar refractivity (Wildman–Crippen MR) is 215 cm³/mol. The third kappa shape index (κ3) is 5.25. The number of hydrogen-bond donors (Lipinski definition) is 0. The summed E-state index contributed by atoms with van der Waals surface area (Å²) in [5.41, 5.74) is 10.4. The highest BCUT2D eigenvalue weighted by molar-refractivity contribution is 7.26. The van der Waals surface area contributed by atoms with Gasteiger partial charge in [-0.05, 0) is 63.9 Å². The molecule has 238 valence electrons. The summed E-state index contributed by atoms with van der Waals surface area (Å²) in [5.74, 6) is 0.703. The van der Waals surface area contributed by atoms with E-state index in [0.717, 1.165) is 50.1 Å². The molecule has 7 aromatic carbocycles. The van der Waals surface area contributed by atoms with Gasteiger partial charge in [0.15, 0.2) is 5.82 Å². The summed E-state index contributed by atoms with van der Waals surface area (Å²) < 4.78 is 2.46. The summed E-state index contributed by atoms with van der Waals surface area (Å²) in [5, 5.41) is 6.03. The van der Waals surface area contributed by atoms with Crippen LogP contribution in [0.25, 0.3) is 98.0 Å². The van der Waals surface area contributed by atoms with E-state index >= 15 is 0 Å². The Labute approximate surface area is 299 Å². The molecule has 0 fully saturated rings. The number of pyridine rings is 1. The minimum atomic E-state index is 0.703. The fourth-order valence-electron chi connectivity index (χ4n) is 7.14. The lowest BCUT2D eigenvalue weighted by Gasteiger charge is -2.13. The molecule has 3 nitrogen and oxygen atoms in total. The van der Waals surface area contributed by atoms with E-state index in [4.69, 9.17) is 15.0 Å². The Bertz CT molecular complexity index is 2900. The van der Waals surface area contributed by atoms with Crippen molar-refractivity contribution in [1.82, 2.24) is 15.0 Å². The molecular weight excluding hydrogens is 639 g/mol. The quantitative estimate of drug-likeness (QED) is 0.171. The first kappa shape index (κ1) is 29.4. The molecule has 10 rings (SSSR count). The second-order valence-electron chi connectivity index (χ2n) is 12.8. The molecule has 10 aromatic rings. The van der Waals surface area contributed by atoms with Crippen LogP contribution in [0.15, 0.2) is 176 Å². The Hall–Kier alpha value is -6.49. The lowest BCUT2D eigenvalue weighted by Crippen LogP contribution is -1.96. The van der Waals surface area contributed by atoms with Crippen molar-refractivity contribution in [2.45, 2.75) is 0 Å². The number of benzene rings is 7. The van der Waals surface area contributed by atoms with Crippen LogP contribution in [0.1, 0.15) is 0 Å². The van der Waals surface area contributed by atoms with Crippen molar-refractivity contribution in [3.8, 4) is 56.2 Å². The van der Waals surface area contributed by atoms with Crippen molar-refractivity contribution >= 4 is 53.2 Å². The average Bonchev–Trinajstić information content (AvgIpc) is 3.59. The number of aromatic nitrogens is 3. The van der Waals surface area contributed by atoms with E-state index in [9.17, 15) is 0 Å². The maximum absolute atomic E-state index is 5.29. The molecule has 0 unspecified atom stereocenters. The molecule has 51 heavy (non-hydrogen) atoms. The van der Waals surface area contributed by atoms with Gasteiger partial charge in [-0.15, -0.1) is 11.3 Å². The van der Waals surface area contributed by atoms with Gasteiger partial charge in [-0.25, -0.2) is 9.97 Å². The topological polar surface area (TPSA) is 38.7 Å². The van der Waals surface area contributed by atoms with Gasteiger partial charge in [-0.2, -0.15) is 0 Å². The molecule has 3 heterocycles. The lowest BCUT2D eigenvalue weighted by molar-refractivity contribution is 1.19. The first-order valence-electron chi connectivity index (χ1n) is 17.1. The zero-order chi connectivity index (χ0) is 33.7. The van der Waals surface area contributed by atoms with Gasteiger partial charge in [0.05, 0.1) is 16.9 Å². The van der Waals surface area contributed by atoms with Crippen LogP contribution in [0.3, 0.4) is 0 Å². The molecule has 0 radical (unpaired) electrons. The van der Waals surface area contributed by atoms with Gasteiger partial charge in [0.25, 0.3) is 0 Å². The SMILES string of the molecule is c1ccc(-c2ccc(-c3cc(-c4cc(-c5cnc6ccc7ccccc7c6c5)cc5c4sc4ccccc45)nc(-c4ccccc4)n3)cc2)cc1. The number of hydrogen-bond acceptors (Lipinski definition) is 4. The molecule has 0 N–H and O–H groups in total. The maximum atomic E-state index is 5.29. The third-order valence-electron chi connectivity index (χ3n) is 9.72. The summed E-state index contributed by atoms with van der Waals surface area (Å²) in [6.45, 7) is 0. The summed E-state index contributed by atoms with van der Waals surface area (Å²) in [7, 11) is 0. The molecule has 4 heteroatoms. The minimum Gasteiger partial charge on any atom is -0.256 e. The van der Waals surface area contributed by atoms with Gasteiger partial charge < -0.3 is 0 Å². The van der Waals surface area contributed by atoms with Gasteiger partial charge >= 0.3 is 0 Å². The second-order valence-corrected chi connectivity index (χ2v) is 13.9. The van der Waals surface area contributed by atoms with Crippen molar-refractivity contribution in [2.75, 3.05) is 0 Å². The fraction of sp³-hybridized carbons (Fsp3) is 0. The van der Waals surface area contributed by atoms with Crippen LogP contribution in [0.5, 0.6) is 0 Å². The fourth-order valence-corrected chi connectivity index (χ4v) is 8.34. The summed E-state index contributed by atoms with van der Waals surface area (Å²) in [4.78, 5) is 15.4. The van der Waals surface area contributed by atoms with Crippen LogP contribution >= 0.6 is 11.3 Å². The molecule has 0 aliphatic heterocycles. The monoisotopic (exact) mass is 667 g/mol. The minimum absolute atomic E-state index is 0.703. The van der Waals surface area contributed by atoms with Crippen molar-refractivity contribution < 1.29 is 0 Å². The average molecular weight is 668 g/mol. The second kappa shape index (κ2) is 12.1. The molecule has 0 saturated carbocycles. The maximum Gasteiger partial charge on any atom is 0.160 e. The number of thiophene rings is 1. The van der Waals surface area contributed by atoms with E-state index in [1.54, 1.807) is 0 Å². The first-order valence-corrected chi connectivity index (χ1v) is 17.9. The Balaban J connectivity index is 1.20. The summed E-state index contributed by atoms with van der Waals surface area (Å²) >= 11 is 1.82. The van der Waals surface area contributed by atoms with Crippen molar-refractivity contribution in [3.63, 3.8) is 0 Å². The Morgan fingerprint density at radius 1 is 0.392 bits per heavy atom. The molecule has 0 aliphatic rings. The van der Waals surface area contributed by atoms with Crippen LogP contribution in [0, 0.1) is 0 Å². The van der Waals surface area contributed by atoms with Crippen LogP contribution in [0.2, 0.25) is 0 Å². The normalized spacial score (nSPS) is 11.5. The Morgan fingerprint density at radius 3 is 1.86 bits per heavy atom. The van der Waals surface area contributed by atoms with Gasteiger partial charge in [0, 0.05) is 54.0 Å². The standard InChI is InChI=1S/C47H29N3S/c1-3-11-30(12-4-1)31-19-21-33(22-20-31)43-28-44(50-47(49-43)34-14-5-2-6-15-34)41-26-35(25-40-38-17-9-10-18-45(38)51-46(40)41)36-27-39-37-16-8-7-13-32(37)23-24-42(39)48-29-36/h1-29H. The van der Waals surface area contributed by atoms with Crippen LogP contribution < -0.4 is 0 Å². The van der Waals surface area contributed by atoms with Gasteiger partial charge in [-0.1, -0.05) is 133 Å². The summed E-state index contributed by atoms with van der Waals surface area (Å²) in [6, 6.07) is 60.0. The molecule has 0 atom stereocenters. The van der Waals surface area contributed by atoms with Crippen LogP contribution in [-0.4, -0.2) is 15.0 Å². The van der Waals surface area contributed by atoms with E-state index in [1.807, 2.05) is 41.8 Å². The first-order chi connectivity index (χ1) is 25.2. The molecule has 0 aliphatic carbocycles. The van der Waals surface area contributed by atoms with Crippen LogP contribution in [0.4, 0.5) is 0 Å². The van der Waals surface area contributed by atoms with Crippen molar-refractivity contribution in [2.24, 2.45) is 0 Å². The zero-order valence-corrected chi connectivity index (χ0v) is 28.3. The third-order valence-corrected chi connectivity index (χ3v) is 10.9. The van der Waals surface area contributed by atoms with E-state index in [0.29, 0.717) is 5.82 Å². The van der Waals surface area contributed by atoms with E-state index in [2.05, 4.69) is 146 Å². The summed E-state index contributed by atoms with van der Waals surface area (Å²) in [6.07, 6.45) is 2.01. The van der Waals surface area contributed by atoms with Gasteiger partial charge in [-0.3, -0.25) is 4.98 Å². The molecular formula is C47H29N3S. The van der Waals surface area contributed by atoms with Gasteiger partial charge in [0.1, 0.15) is 0 Å². The molecule has 0 amide bonds. The largest absolute Gasteiger partial charge is 0.256 e. The van der Waals surface area contributed by atoms with Gasteiger partial charge in [0.2, 0.25) is 0 Å². The van der Waals surface area contributed by atoms with E-state index < -0.39 is 0 Å². The van der Waals surface area contributed by atoms with Crippen molar-refractivity contribution in [1.29, 1.82) is 0 Å². The van der Waals surface area contributed by atoms with Crippen LogP contribution in [-0.2, 0) is 0 Å². The highest BCUT2D eigenvalue weighted by Gasteiger charge is 2.18. The Kier molecular flexibility index (Phi) is 7.00. The zero-order valence-electron chi connectivity index (χ0n) is 27.5. The predicted octanol–water partition coefficient (Wildman–Crippen LogP) is 12.9. The van der Waals surface area contributed by atoms with E-state index in [-0.39, 0.29) is 0 Å².